The van der Waals surface area contributed by atoms with Crippen molar-refractivity contribution < 1.29 is 18.3 Å². The number of hydrogen-bond donors (Lipinski definition) is 1. The molecular weight excluding hydrogens is 344 g/mol. The second-order valence-electron chi connectivity index (χ2n) is 4.46. The number of ether oxygens (including phenoxy) is 1. The van der Waals surface area contributed by atoms with E-state index in [1.807, 2.05) is 0 Å². The molecule has 0 spiro atoms. The van der Waals surface area contributed by atoms with E-state index in [1.165, 1.54) is 12.1 Å². The summed E-state index contributed by atoms with van der Waals surface area (Å²) in [5.41, 5.74) is 7.03. The van der Waals surface area contributed by atoms with Gasteiger partial charge in [-0.2, -0.15) is 0 Å². The lowest BCUT2D eigenvalue weighted by Gasteiger charge is -2.10. The molecule has 0 saturated heterocycles. The van der Waals surface area contributed by atoms with Gasteiger partial charge in [0, 0.05) is 15.7 Å². The smallest absolute Gasteiger partial charge is 0.338 e. The van der Waals surface area contributed by atoms with Gasteiger partial charge < -0.3 is 10.5 Å². The second-order valence-corrected chi connectivity index (χ2v) is 5.37. The molecule has 0 aliphatic carbocycles. The van der Waals surface area contributed by atoms with Crippen LogP contribution in [-0.2, 0) is 11.3 Å². The number of rotatable bonds is 3. The highest BCUT2D eigenvalue weighted by molar-refractivity contribution is 9.10. The number of nitrogen functional groups attached to an aromatic ring is 1. The average molecular weight is 356 g/mol. The highest BCUT2D eigenvalue weighted by Gasteiger charge is 2.15. The summed E-state index contributed by atoms with van der Waals surface area (Å²) >= 11 is 3.24. The summed E-state index contributed by atoms with van der Waals surface area (Å²) < 4.78 is 32.2. The molecule has 2 N–H and O–H groups in total. The highest BCUT2D eigenvalue weighted by atomic mass is 79.9. The monoisotopic (exact) mass is 355 g/mol. The molecule has 0 heterocycles. The van der Waals surface area contributed by atoms with Gasteiger partial charge in [0.2, 0.25) is 0 Å². The predicted octanol–water partition coefficient (Wildman–Crippen LogP) is 3.97. The normalized spacial score (nSPS) is 10.5. The molecule has 0 atom stereocenters. The minimum absolute atomic E-state index is 0.0241. The Morgan fingerprint density at radius 3 is 2.76 bits per heavy atom. The molecule has 3 nitrogen and oxygen atoms in total. The van der Waals surface area contributed by atoms with Gasteiger partial charge in [0.15, 0.2) is 11.6 Å². The maximum absolute atomic E-state index is 13.5. The van der Waals surface area contributed by atoms with E-state index in [9.17, 15) is 13.6 Å². The van der Waals surface area contributed by atoms with Crippen molar-refractivity contribution in [2.45, 2.75) is 13.5 Å². The third-order valence-corrected chi connectivity index (χ3v) is 3.48. The molecule has 6 heteroatoms. The van der Waals surface area contributed by atoms with E-state index in [-0.39, 0.29) is 17.7 Å². The van der Waals surface area contributed by atoms with Gasteiger partial charge in [-0.3, -0.25) is 0 Å². The van der Waals surface area contributed by atoms with Gasteiger partial charge in [-0.15, -0.1) is 0 Å². The van der Waals surface area contributed by atoms with E-state index >= 15 is 0 Å². The summed E-state index contributed by atoms with van der Waals surface area (Å²) in [6.07, 6.45) is 0. The molecule has 0 aliphatic rings. The van der Waals surface area contributed by atoms with Crippen LogP contribution in [0.3, 0.4) is 0 Å². The summed E-state index contributed by atoms with van der Waals surface area (Å²) in [5.74, 6) is -2.65. The van der Waals surface area contributed by atoms with Gasteiger partial charge in [0.1, 0.15) is 6.61 Å². The van der Waals surface area contributed by atoms with Crippen molar-refractivity contribution in [2.24, 2.45) is 0 Å². The Morgan fingerprint density at radius 2 is 2.05 bits per heavy atom. The van der Waals surface area contributed by atoms with Crippen LogP contribution in [0, 0.1) is 18.6 Å². The lowest BCUT2D eigenvalue weighted by Crippen LogP contribution is -2.09. The molecule has 2 aromatic carbocycles. The lowest BCUT2D eigenvalue weighted by molar-refractivity contribution is 0.0467. The zero-order chi connectivity index (χ0) is 15.6. The average Bonchev–Trinajstić information content (AvgIpc) is 2.44. The van der Waals surface area contributed by atoms with Crippen LogP contribution >= 0.6 is 15.9 Å². The summed E-state index contributed by atoms with van der Waals surface area (Å²) in [4.78, 5) is 12.0. The Hall–Kier alpha value is -1.95. The molecule has 0 bridgehead atoms. The van der Waals surface area contributed by atoms with Gasteiger partial charge in [0.25, 0.3) is 0 Å². The van der Waals surface area contributed by atoms with Crippen LogP contribution in [0.25, 0.3) is 0 Å². The first kappa shape index (κ1) is 15.4. The topological polar surface area (TPSA) is 52.3 Å². The van der Waals surface area contributed by atoms with Crippen LogP contribution < -0.4 is 5.73 Å². The summed E-state index contributed by atoms with van der Waals surface area (Å²) in [6.45, 7) is 1.33. The number of carbonyl (C=O) groups is 1. The number of halogens is 3. The Morgan fingerprint density at radius 1 is 1.33 bits per heavy atom. The highest BCUT2D eigenvalue weighted by Crippen LogP contribution is 2.24. The van der Waals surface area contributed by atoms with Crippen LogP contribution in [0.4, 0.5) is 14.5 Å². The van der Waals surface area contributed by atoms with Gasteiger partial charge in [0.05, 0.1) is 5.56 Å². The minimum atomic E-state index is -1.02. The third-order valence-electron chi connectivity index (χ3n) is 3.02. The zero-order valence-corrected chi connectivity index (χ0v) is 12.7. The van der Waals surface area contributed by atoms with Gasteiger partial charge in [-0.25, -0.2) is 13.6 Å². The summed E-state index contributed by atoms with van der Waals surface area (Å²) in [7, 11) is 0. The Balaban J connectivity index is 2.18. The van der Waals surface area contributed by atoms with E-state index in [2.05, 4.69) is 15.9 Å². The number of nitrogens with two attached hydrogens (primary N) is 1. The zero-order valence-electron chi connectivity index (χ0n) is 11.1. The molecule has 21 heavy (non-hydrogen) atoms. The molecule has 0 aromatic heterocycles. The molecule has 0 saturated carbocycles. The first-order valence-electron chi connectivity index (χ1n) is 6.05. The molecule has 2 aromatic rings. The summed E-state index contributed by atoms with van der Waals surface area (Å²) in [5, 5.41) is 0. The third kappa shape index (κ3) is 3.39. The number of hydrogen-bond acceptors (Lipinski definition) is 3. The van der Waals surface area contributed by atoms with Crippen molar-refractivity contribution in [2.75, 3.05) is 5.73 Å². The fourth-order valence-electron chi connectivity index (χ4n) is 1.79. The largest absolute Gasteiger partial charge is 0.457 e. The van der Waals surface area contributed by atoms with Crippen LogP contribution in [0.2, 0.25) is 0 Å². The standard InChI is InChI=1S/C15H12BrF2NO2/c1-8-11(5-10(16)6-13(8)19)15(20)21-7-9-3-2-4-12(17)14(9)18/h2-6H,7,19H2,1H3. The van der Waals surface area contributed by atoms with Crippen molar-refractivity contribution in [3.8, 4) is 0 Å². The van der Waals surface area contributed by atoms with Crippen molar-refractivity contribution >= 4 is 27.6 Å². The summed E-state index contributed by atoms with van der Waals surface area (Å²) in [6, 6.07) is 6.94. The fraction of sp³-hybridized carbons (Fsp3) is 0.133. The number of benzene rings is 2. The van der Waals surface area contributed by atoms with Crippen LogP contribution in [-0.4, -0.2) is 5.97 Å². The van der Waals surface area contributed by atoms with Crippen molar-refractivity contribution in [3.05, 3.63) is 63.1 Å². The first-order valence-corrected chi connectivity index (χ1v) is 6.85. The molecular formula is C15H12BrF2NO2. The number of esters is 1. The van der Waals surface area contributed by atoms with E-state index in [0.717, 1.165) is 6.07 Å². The Labute approximate surface area is 128 Å². The SMILES string of the molecule is Cc1c(N)cc(Br)cc1C(=O)OCc1cccc(F)c1F. The van der Waals surface area contributed by atoms with Crippen molar-refractivity contribution in [1.29, 1.82) is 0 Å². The van der Waals surface area contributed by atoms with E-state index < -0.39 is 17.6 Å². The fourth-order valence-corrected chi connectivity index (χ4v) is 2.27. The van der Waals surface area contributed by atoms with Gasteiger partial charge in [-0.1, -0.05) is 28.1 Å². The maximum atomic E-state index is 13.5. The predicted molar refractivity (Wildman–Crippen MR) is 78.8 cm³/mol. The molecule has 0 unspecified atom stereocenters. The number of anilines is 1. The van der Waals surface area contributed by atoms with Crippen LogP contribution in [0.15, 0.2) is 34.8 Å². The van der Waals surface area contributed by atoms with Gasteiger partial charge >= 0.3 is 5.97 Å². The Bertz CT molecular complexity index is 704. The number of carbonyl (C=O) groups excluding carboxylic acids is 1. The molecule has 110 valence electrons. The Kier molecular flexibility index (Phi) is 4.57. The first-order chi connectivity index (χ1) is 9.90. The lowest BCUT2D eigenvalue weighted by atomic mass is 10.1. The van der Waals surface area contributed by atoms with Crippen molar-refractivity contribution in [1.82, 2.24) is 0 Å². The molecule has 0 amide bonds. The molecule has 0 aliphatic heterocycles. The quantitative estimate of drug-likeness (QED) is 0.669. The van der Waals surface area contributed by atoms with Crippen LogP contribution in [0.5, 0.6) is 0 Å². The molecule has 2 rings (SSSR count). The van der Waals surface area contributed by atoms with E-state index in [0.29, 0.717) is 15.7 Å². The van der Waals surface area contributed by atoms with Crippen molar-refractivity contribution in [3.63, 3.8) is 0 Å². The van der Waals surface area contributed by atoms with E-state index in [4.69, 9.17) is 10.5 Å². The van der Waals surface area contributed by atoms with Crippen LogP contribution in [0.1, 0.15) is 21.5 Å². The maximum Gasteiger partial charge on any atom is 0.338 e. The molecule has 0 fully saturated rings. The second kappa shape index (κ2) is 6.22. The van der Waals surface area contributed by atoms with E-state index in [1.54, 1.807) is 19.1 Å². The minimum Gasteiger partial charge on any atom is -0.457 e. The van der Waals surface area contributed by atoms with Gasteiger partial charge in [-0.05, 0) is 30.7 Å². The molecule has 0 radical (unpaired) electrons.